The van der Waals surface area contributed by atoms with Crippen molar-refractivity contribution in [3.8, 4) is 0 Å². The van der Waals surface area contributed by atoms with Gasteiger partial charge in [-0.05, 0) is 70.6 Å². The van der Waals surface area contributed by atoms with E-state index in [2.05, 4.69) is 57.2 Å². The van der Waals surface area contributed by atoms with Crippen LogP contribution in [-0.2, 0) is 28.6 Å². The van der Waals surface area contributed by atoms with Gasteiger partial charge >= 0.3 is 17.9 Å². The summed E-state index contributed by atoms with van der Waals surface area (Å²) in [6, 6.07) is 0. The van der Waals surface area contributed by atoms with E-state index >= 15 is 0 Å². The molecule has 0 aromatic heterocycles. The first kappa shape index (κ1) is 63.3. The molecule has 0 saturated carbocycles. The van der Waals surface area contributed by atoms with E-state index in [1.165, 1.54) is 128 Å². The van der Waals surface area contributed by atoms with E-state index in [0.29, 0.717) is 19.3 Å². The number of esters is 3. The second-order valence-corrected chi connectivity index (χ2v) is 18.3. The molecule has 0 aromatic carbocycles. The van der Waals surface area contributed by atoms with E-state index < -0.39 is 6.10 Å². The largest absolute Gasteiger partial charge is 0.462 e. The number of rotatable bonds is 49. The molecule has 1 unspecified atom stereocenters. The van der Waals surface area contributed by atoms with Crippen LogP contribution >= 0.6 is 0 Å². The van der Waals surface area contributed by atoms with Crippen molar-refractivity contribution in [3.63, 3.8) is 0 Å². The van der Waals surface area contributed by atoms with Crippen LogP contribution in [0.1, 0.15) is 252 Å². The van der Waals surface area contributed by atoms with Crippen LogP contribution < -0.4 is 0 Å². The molecule has 0 spiro atoms. The molecule has 0 aliphatic rings. The fourth-order valence-electron chi connectivity index (χ4n) is 7.56. The zero-order valence-electron chi connectivity index (χ0n) is 43.6. The van der Waals surface area contributed by atoms with Gasteiger partial charge in [-0.3, -0.25) is 14.4 Å². The SMILES string of the molecule is CC\C=C/C=C\C=C/C=C\C=C\C=C/CCCCCC(=O)OCC(COC(=O)CCCCCCCCCCCCCCCCC)OC(=O)CCCCCCCCC/C=C\C/C=C\CCCCC. The van der Waals surface area contributed by atoms with Gasteiger partial charge in [-0.1, -0.05) is 259 Å². The molecule has 6 nitrogen and oxygen atoms in total. The molecule has 0 aliphatic heterocycles. The predicted octanol–water partition coefficient (Wildman–Crippen LogP) is 18.5. The Labute approximate surface area is 413 Å². The van der Waals surface area contributed by atoms with Crippen LogP contribution in [0.15, 0.2) is 97.2 Å². The van der Waals surface area contributed by atoms with Gasteiger partial charge < -0.3 is 14.2 Å². The molecule has 0 saturated heterocycles. The number of carbonyl (C=O) groups is 3. The highest BCUT2D eigenvalue weighted by molar-refractivity contribution is 5.71. The van der Waals surface area contributed by atoms with Crippen LogP contribution in [0.3, 0.4) is 0 Å². The van der Waals surface area contributed by atoms with Crippen LogP contribution in [0, 0.1) is 0 Å². The Bertz CT molecular complexity index is 1350. The van der Waals surface area contributed by atoms with E-state index in [-0.39, 0.29) is 31.1 Å². The van der Waals surface area contributed by atoms with Crippen LogP contribution in [0.25, 0.3) is 0 Å². The third kappa shape index (κ3) is 53.2. The van der Waals surface area contributed by atoms with E-state index in [1.807, 2.05) is 60.8 Å². The van der Waals surface area contributed by atoms with Crippen molar-refractivity contribution in [2.24, 2.45) is 0 Å². The number of hydrogen-bond donors (Lipinski definition) is 0. The Morgan fingerprint density at radius 2 is 0.642 bits per heavy atom. The van der Waals surface area contributed by atoms with Crippen molar-refractivity contribution in [2.75, 3.05) is 13.2 Å². The smallest absolute Gasteiger partial charge is 0.306 e. The molecular formula is C61H102O6. The average Bonchev–Trinajstić information content (AvgIpc) is 3.33. The van der Waals surface area contributed by atoms with E-state index in [9.17, 15) is 14.4 Å². The zero-order chi connectivity index (χ0) is 48.6. The Hall–Kier alpha value is -3.67. The van der Waals surface area contributed by atoms with E-state index in [4.69, 9.17) is 14.2 Å². The van der Waals surface area contributed by atoms with Gasteiger partial charge in [0.15, 0.2) is 6.10 Å². The topological polar surface area (TPSA) is 78.9 Å². The van der Waals surface area contributed by atoms with Crippen LogP contribution in [-0.4, -0.2) is 37.2 Å². The minimum atomic E-state index is -0.800. The molecule has 0 radical (unpaired) electrons. The molecule has 0 bridgehead atoms. The van der Waals surface area contributed by atoms with Gasteiger partial charge in [0.2, 0.25) is 0 Å². The summed E-state index contributed by atoms with van der Waals surface area (Å²) in [5.41, 5.74) is 0. The molecule has 1 atom stereocenters. The van der Waals surface area contributed by atoms with Crippen molar-refractivity contribution >= 4 is 17.9 Å². The maximum Gasteiger partial charge on any atom is 0.306 e. The summed E-state index contributed by atoms with van der Waals surface area (Å²) < 4.78 is 16.8. The summed E-state index contributed by atoms with van der Waals surface area (Å²) >= 11 is 0. The second kappa shape index (κ2) is 54.9. The Morgan fingerprint density at radius 1 is 0.328 bits per heavy atom. The first-order chi connectivity index (χ1) is 33.0. The summed E-state index contributed by atoms with van der Waals surface area (Å²) in [5, 5.41) is 0. The quantitative estimate of drug-likeness (QED) is 0.0199. The molecule has 67 heavy (non-hydrogen) atoms. The summed E-state index contributed by atoms with van der Waals surface area (Å²) in [4.78, 5) is 38.1. The van der Waals surface area contributed by atoms with Crippen molar-refractivity contribution in [2.45, 2.75) is 258 Å². The lowest BCUT2D eigenvalue weighted by Gasteiger charge is -2.18. The summed E-state index contributed by atoms with van der Waals surface area (Å²) in [6.45, 7) is 6.44. The highest BCUT2D eigenvalue weighted by atomic mass is 16.6. The molecule has 0 rings (SSSR count). The second-order valence-electron chi connectivity index (χ2n) is 18.3. The lowest BCUT2D eigenvalue weighted by atomic mass is 10.0. The van der Waals surface area contributed by atoms with Gasteiger partial charge in [-0.15, -0.1) is 0 Å². The van der Waals surface area contributed by atoms with E-state index in [1.54, 1.807) is 0 Å². The Balaban J connectivity index is 4.49. The minimum absolute atomic E-state index is 0.0942. The van der Waals surface area contributed by atoms with Crippen LogP contribution in [0.2, 0.25) is 0 Å². The lowest BCUT2D eigenvalue weighted by Crippen LogP contribution is -2.30. The maximum absolute atomic E-state index is 12.8. The molecule has 0 fully saturated rings. The normalized spacial score (nSPS) is 12.8. The summed E-state index contributed by atoms with van der Waals surface area (Å²) in [6.07, 6.45) is 72.4. The number of unbranched alkanes of at least 4 members (excludes halogenated alkanes) is 27. The lowest BCUT2D eigenvalue weighted by molar-refractivity contribution is -0.167. The number of hydrogen-bond acceptors (Lipinski definition) is 6. The highest BCUT2D eigenvalue weighted by Gasteiger charge is 2.19. The third-order valence-corrected chi connectivity index (χ3v) is 11.7. The van der Waals surface area contributed by atoms with Gasteiger partial charge in [0.1, 0.15) is 13.2 Å². The Morgan fingerprint density at radius 3 is 1.07 bits per heavy atom. The van der Waals surface area contributed by atoms with Crippen molar-refractivity contribution in [1.29, 1.82) is 0 Å². The van der Waals surface area contributed by atoms with Gasteiger partial charge in [0, 0.05) is 19.3 Å². The van der Waals surface area contributed by atoms with Gasteiger partial charge in [-0.2, -0.15) is 0 Å². The molecule has 6 heteroatoms. The molecule has 0 heterocycles. The summed E-state index contributed by atoms with van der Waals surface area (Å²) in [5.74, 6) is -0.944. The van der Waals surface area contributed by atoms with E-state index in [0.717, 1.165) is 83.5 Å². The molecule has 0 amide bonds. The van der Waals surface area contributed by atoms with Gasteiger partial charge in [0.05, 0.1) is 0 Å². The standard InChI is InChI=1S/C61H102O6/c1-4-7-10-13-16-19-22-25-28-30-33-36-39-42-45-48-51-54-60(63)66-57-58(56-65-59(62)53-50-47-44-41-38-35-32-27-24-21-18-15-12-9-6-3)67-61(64)55-52-49-46-43-40-37-34-31-29-26-23-20-17-14-11-8-5-2/h7,10,13,16-17,19-20,22,25-26,28-30,33,36,39,58H,4-6,8-9,11-12,14-15,18,21,23-24,27,31-32,34-35,37-38,40-57H2,1-3H3/b10-7-,16-13-,20-17-,22-19-,28-25-,29-26-,33-30+,39-36-. The first-order valence-electron chi connectivity index (χ1n) is 27.8. The fourth-order valence-corrected chi connectivity index (χ4v) is 7.56. The molecular weight excluding hydrogens is 829 g/mol. The van der Waals surface area contributed by atoms with Crippen LogP contribution in [0.4, 0.5) is 0 Å². The van der Waals surface area contributed by atoms with Crippen LogP contribution in [0.5, 0.6) is 0 Å². The van der Waals surface area contributed by atoms with Crippen molar-refractivity contribution in [1.82, 2.24) is 0 Å². The van der Waals surface area contributed by atoms with Crippen molar-refractivity contribution < 1.29 is 28.6 Å². The number of allylic oxidation sites excluding steroid dienone is 16. The molecule has 0 aromatic rings. The minimum Gasteiger partial charge on any atom is -0.462 e. The number of ether oxygens (including phenoxy) is 3. The van der Waals surface area contributed by atoms with Crippen molar-refractivity contribution in [3.05, 3.63) is 97.2 Å². The molecule has 0 aliphatic carbocycles. The zero-order valence-corrected chi connectivity index (χ0v) is 43.6. The molecule has 0 N–H and O–H groups in total. The maximum atomic E-state index is 12.8. The third-order valence-electron chi connectivity index (χ3n) is 11.7. The predicted molar refractivity (Wildman–Crippen MR) is 288 cm³/mol. The van der Waals surface area contributed by atoms with Gasteiger partial charge in [0.25, 0.3) is 0 Å². The monoisotopic (exact) mass is 931 g/mol. The fraction of sp³-hybridized carbons (Fsp3) is 0.689. The first-order valence-corrected chi connectivity index (χ1v) is 27.8. The number of carbonyl (C=O) groups excluding carboxylic acids is 3. The average molecular weight is 931 g/mol. The molecule has 382 valence electrons. The van der Waals surface area contributed by atoms with Gasteiger partial charge in [-0.25, -0.2) is 0 Å². The summed E-state index contributed by atoms with van der Waals surface area (Å²) in [7, 11) is 0. The Kier molecular flexibility index (Phi) is 51.9. The highest BCUT2D eigenvalue weighted by Crippen LogP contribution is 2.15.